The van der Waals surface area contributed by atoms with Crippen molar-refractivity contribution in [1.29, 1.82) is 5.26 Å². The standard InChI is InChI=1S/C61H51N3/c1-60(2,3)52-38-56(63(44-24-14-9-15-25-44)54-28-18-16-26-46(54)42-20-10-7-11-21-42)50-36-34-49-53(61(4,5)6)39-57(51-37-35-48(52)58(50)59(49)51)64(45-32-30-41(40-62)31-33-45)55-29-19-17-27-47(55)43-22-12-8-13-23-43/h7-39H,1-6H3. The molecule has 0 saturated carbocycles. The van der Waals surface area contributed by atoms with E-state index in [4.69, 9.17) is 0 Å². The Hall–Kier alpha value is -7.67. The first-order valence-corrected chi connectivity index (χ1v) is 22.2. The van der Waals surface area contributed by atoms with Crippen LogP contribution in [0.2, 0.25) is 0 Å². The van der Waals surface area contributed by atoms with Crippen molar-refractivity contribution in [3.63, 3.8) is 0 Å². The summed E-state index contributed by atoms with van der Waals surface area (Å²) in [4.78, 5) is 4.90. The van der Waals surface area contributed by atoms with E-state index in [9.17, 15) is 5.26 Å². The number of benzene rings is 10. The molecule has 0 saturated heterocycles. The predicted molar refractivity (Wildman–Crippen MR) is 272 cm³/mol. The smallest absolute Gasteiger partial charge is 0.0991 e. The minimum atomic E-state index is -0.202. The van der Waals surface area contributed by atoms with Crippen LogP contribution in [0.15, 0.2) is 200 Å². The second-order valence-electron chi connectivity index (χ2n) is 18.9. The van der Waals surface area contributed by atoms with Gasteiger partial charge in [-0.2, -0.15) is 5.26 Å². The maximum Gasteiger partial charge on any atom is 0.0991 e. The Kier molecular flexibility index (Phi) is 10.0. The molecule has 10 aromatic carbocycles. The summed E-state index contributed by atoms with van der Waals surface area (Å²) in [7, 11) is 0. The Morgan fingerprint density at radius 3 is 1.12 bits per heavy atom. The van der Waals surface area contributed by atoms with Crippen molar-refractivity contribution in [1.82, 2.24) is 0 Å². The van der Waals surface area contributed by atoms with Gasteiger partial charge >= 0.3 is 0 Å². The summed E-state index contributed by atoms with van der Waals surface area (Å²) in [6.07, 6.45) is 0. The molecule has 0 amide bonds. The molecule has 0 aliphatic heterocycles. The minimum absolute atomic E-state index is 0.183. The zero-order valence-electron chi connectivity index (χ0n) is 37.4. The average Bonchev–Trinajstić information content (AvgIpc) is 3.32. The van der Waals surface area contributed by atoms with Crippen LogP contribution in [0.25, 0.3) is 54.6 Å². The Bertz CT molecular complexity index is 3330. The third-order valence-electron chi connectivity index (χ3n) is 12.7. The van der Waals surface area contributed by atoms with Gasteiger partial charge in [0.15, 0.2) is 0 Å². The molecule has 310 valence electrons. The van der Waals surface area contributed by atoms with Crippen LogP contribution >= 0.6 is 0 Å². The highest BCUT2D eigenvalue weighted by Crippen LogP contribution is 2.53. The van der Waals surface area contributed by atoms with Gasteiger partial charge in [0.2, 0.25) is 0 Å². The lowest BCUT2D eigenvalue weighted by molar-refractivity contribution is 0.595. The lowest BCUT2D eigenvalue weighted by Crippen LogP contribution is -2.18. The molecule has 0 heterocycles. The van der Waals surface area contributed by atoms with Gasteiger partial charge in [-0.15, -0.1) is 0 Å². The Morgan fingerprint density at radius 2 is 0.719 bits per heavy atom. The van der Waals surface area contributed by atoms with Crippen molar-refractivity contribution in [2.45, 2.75) is 52.4 Å². The fourth-order valence-corrected chi connectivity index (χ4v) is 9.71. The van der Waals surface area contributed by atoms with E-state index in [1.54, 1.807) is 0 Å². The monoisotopic (exact) mass is 825 g/mol. The van der Waals surface area contributed by atoms with Gasteiger partial charge in [0.25, 0.3) is 0 Å². The number of para-hydroxylation sites is 3. The van der Waals surface area contributed by atoms with Crippen molar-refractivity contribution < 1.29 is 0 Å². The van der Waals surface area contributed by atoms with Gasteiger partial charge in [-0.3, -0.25) is 0 Å². The van der Waals surface area contributed by atoms with Gasteiger partial charge < -0.3 is 9.80 Å². The number of hydrogen-bond donors (Lipinski definition) is 0. The molecule has 0 aliphatic carbocycles. The molecule has 0 aliphatic rings. The number of hydrogen-bond acceptors (Lipinski definition) is 3. The molecule has 0 radical (unpaired) electrons. The van der Waals surface area contributed by atoms with Crippen LogP contribution in [0.5, 0.6) is 0 Å². The first kappa shape index (κ1) is 40.4. The first-order chi connectivity index (χ1) is 31.0. The van der Waals surface area contributed by atoms with E-state index >= 15 is 0 Å². The zero-order chi connectivity index (χ0) is 44.2. The largest absolute Gasteiger partial charge is 0.309 e. The molecule has 10 aromatic rings. The summed E-state index contributed by atoms with van der Waals surface area (Å²) in [6, 6.07) is 74.5. The zero-order valence-corrected chi connectivity index (χ0v) is 37.4. The maximum absolute atomic E-state index is 9.91. The van der Waals surface area contributed by atoms with Crippen LogP contribution in [0.3, 0.4) is 0 Å². The van der Waals surface area contributed by atoms with Crippen LogP contribution in [-0.2, 0) is 10.8 Å². The van der Waals surface area contributed by atoms with Crippen LogP contribution in [0, 0.1) is 11.3 Å². The topological polar surface area (TPSA) is 30.3 Å². The molecular formula is C61H51N3. The summed E-state index contributed by atoms with van der Waals surface area (Å²) in [6.45, 7) is 14.0. The quantitative estimate of drug-likeness (QED) is 0.143. The fourth-order valence-electron chi connectivity index (χ4n) is 9.71. The average molecular weight is 826 g/mol. The van der Waals surface area contributed by atoms with E-state index in [-0.39, 0.29) is 10.8 Å². The molecule has 0 bridgehead atoms. The Morgan fingerprint density at radius 1 is 0.359 bits per heavy atom. The molecule has 0 spiro atoms. The highest BCUT2D eigenvalue weighted by Gasteiger charge is 2.30. The van der Waals surface area contributed by atoms with Crippen LogP contribution in [-0.4, -0.2) is 0 Å². The van der Waals surface area contributed by atoms with Crippen molar-refractivity contribution >= 4 is 66.4 Å². The SMILES string of the molecule is CC(C)(C)c1cc(N(c2ccccc2)c2ccccc2-c2ccccc2)c2ccc3c(C(C)(C)C)cc(N(c4ccc(C#N)cc4)c4ccccc4-c4ccccc4)c4ccc1c2c43. The van der Waals surface area contributed by atoms with Gasteiger partial charge in [0.1, 0.15) is 0 Å². The van der Waals surface area contributed by atoms with Crippen LogP contribution in [0.4, 0.5) is 34.1 Å². The van der Waals surface area contributed by atoms with Gasteiger partial charge in [0, 0.05) is 33.3 Å². The maximum atomic E-state index is 9.91. The molecular weight excluding hydrogens is 775 g/mol. The third kappa shape index (κ3) is 7.02. The van der Waals surface area contributed by atoms with E-state index in [1.165, 1.54) is 54.6 Å². The molecule has 3 heteroatoms. The van der Waals surface area contributed by atoms with E-state index in [0.717, 1.165) is 45.3 Å². The molecule has 0 atom stereocenters. The second-order valence-corrected chi connectivity index (χ2v) is 18.9. The van der Waals surface area contributed by atoms with Gasteiger partial charge in [-0.1, -0.05) is 181 Å². The van der Waals surface area contributed by atoms with Crippen LogP contribution < -0.4 is 9.80 Å². The molecule has 0 N–H and O–H groups in total. The highest BCUT2D eigenvalue weighted by atomic mass is 15.2. The molecule has 0 unspecified atom stereocenters. The molecule has 3 nitrogen and oxygen atoms in total. The number of nitrogens with zero attached hydrogens (tertiary/aromatic N) is 3. The van der Waals surface area contributed by atoms with Crippen molar-refractivity contribution in [2.24, 2.45) is 0 Å². The highest BCUT2D eigenvalue weighted by molar-refractivity contribution is 6.29. The fraction of sp³-hybridized carbons (Fsp3) is 0.131. The predicted octanol–water partition coefficient (Wildman–Crippen LogP) is 17.3. The summed E-state index contributed by atoms with van der Waals surface area (Å²) in [5, 5.41) is 17.3. The number of nitriles is 1. The van der Waals surface area contributed by atoms with Crippen molar-refractivity contribution in [3.05, 3.63) is 217 Å². The summed E-state index contributed by atoms with van der Waals surface area (Å²) in [5.41, 5.74) is 13.9. The van der Waals surface area contributed by atoms with E-state index in [0.29, 0.717) is 5.56 Å². The number of anilines is 6. The van der Waals surface area contributed by atoms with Gasteiger partial charge in [0.05, 0.1) is 34.4 Å². The minimum Gasteiger partial charge on any atom is -0.309 e. The van der Waals surface area contributed by atoms with E-state index < -0.39 is 0 Å². The summed E-state index contributed by atoms with van der Waals surface area (Å²) >= 11 is 0. The lowest BCUT2D eigenvalue weighted by Gasteiger charge is -2.34. The van der Waals surface area contributed by atoms with E-state index in [2.05, 4.69) is 245 Å². The van der Waals surface area contributed by atoms with Crippen LogP contribution in [0.1, 0.15) is 58.2 Å². The molecule has 0 fully saturated rings. The Labute approximate surface area is 377 Å². The van der Waals surface area contributed by atoms with Crippen molar-refractivity contribution in [2.75, 3.05) is 9.80 Å². The first-order valence-electron chi connectivity index (χ1n) is 22.2. The normalized spacial score (nSPS) is 11.9. The van der Waals surface area contributed by atoms with Crippen molar-refractivity contribution in [3.8, 4) is 28.3 Å². The number of rotatable bonds is 8. The summed E-state index contributed by atoms with van der Waals surface area (Å²) in [5.74, 6) is 0. The third-order valence-corrected chi connectivity index (χ3v) is 12.7. The summed E-state index contributed by atoms with van der Waals surface area (Å²) < 4.78 is 0. The Balaban J connectivity index is 1.36. The van der Waals surface area contributed by atoms with Gasteiger partial charge in [-0.25, -0.2) is 0 Å². The van der Waals surface area contributed by atoms with Gasteiger partial charge in [-0.05, 0) is 115 Å². The molecule has 10 rings (SSSR count). The van der Waals surface area contributed by atoms with E-state index in [1.807, 2.05) is 12.1 Å². The molecule has 64 heavy (non-hydrogen) atoms. The lowest BCUT2D eigenvalue weighted by atomic mass is 9.77. The molecule has 0 aromatic heterocycles. The second kappa shape index (κ2) is 15.9.